The summed E-state index contributed by atoms with van der Waals surface area (Å²) in [5.74, 6) is -1.55. The molecule has 4 heterocycles. The normalized spacial score (nSPS) is 16.8. The van der Waals surface area contributed by atoms with Gasteiger partial charge in [0.2, 0.25) is 11.8 Å². The topological polar surface area (TPSA) is 193 Å². The van der Waals surface area contributed by atoms with Gasteiger partial charge in [-0.05, 0) is 73.2 Å². The van der Waals surface area contributed by atoms with Gasteiger partial charge >= 0.3 is 12.2 Å². The highest BCUT2D eigenvalue weighted by Gasteiger charge is 2.40. The first-order valence-corrected chi connectivity index (χ1v) is 21.1. The molecule has 0 unspecified atom stereocenters. The van der Waals surface area contributed by atoms with Crippen LogP contribution in [-0.2, 0) is 35.2 Å². The molecule has 4 aromatic carbocycles. The van der Waals surface area contributed by atoms with Crippen molar-refractivity contribution in [2.45, 2.75) is 56.4 Å². The van der Waals surface area contributed by atoms with Crippen molar-refractivity contribution in [1.82, 2.24) is 30.0 Å². The number of benzene rings is 4. The highest BCUT2D eigenvalue weighted by atomic mass is 16.5. The quantitative estimate of drug-likeness (QED) is 0.109. The first-order chi connectivity index (χ1) is 31.1. The summed E-state index contributed by atoms with van der Waals surface area (Å²) in [5.41, 5.74) is 4.54. The van der Waals surface area contributed by atoms with E-state index in [0.717, 1.165) is 27.5 Å². The third-order valence-electron chi connectivity index (χ3n) is 11.8. The highest BCUT2D eigenvalue weighted by molar-refractivity contribution is 6.11. The molecule has 6 aromatic rings. The van der Waals surface area contributed by atoms with Gasteiger partial charge in [0.05, 0.1) is 37.5 Å². The average Bonchev–Trinajstić information content (AvgIpc) is 4.09. The number of methoxy groups -OCH3 is 2. The lowest BCUT2D eigenvalue weighted by molar-refractivity contribution is -0.138. The van der Waals surface area contributed by atoms with Crippen LogP contribution in [0.4, 0.5) is 21.0 Å². The number of pyridine rings is 1. The number of carbonyl (C=O) groups is 6. The van der Waals surface area contributed by atoms with E-state index < -0.39 is 48.2 Å². The molecular weight excluding hydrogens is 817 g/mol. The molecule has 0 saturated carbocycles. The minimum atomic E-state index is -1.04. The summed E-state index contributed by atoms with van der Waals surface area (Å²) in [6, 6.07) is 30.9. The third kappa shape index (κ3) is 9.07. The number of amides is 6. The molecule has 0 radical (unpaired) electrons. The van der Waals surface area contributed by atoms with Gasteiger partial charge in [0.1, 0.15) is 24.2 Å². The maximum Gasteiger partial charge on any atom is 0.407 e. The number of nitrogens with zero attached hydrogens (tertiary/aromatic N) is 4. The van der Waals surface area contributed by atoms with Gasteiger partial charge in [-0.2, -0.15) is 0 Å². The second-order valence-corrected chi connectivity index (χ2v) is 15.7. The summed E-state index contributed by atoms with van der Waals surface area (Å²) < 4.78 is 11.7. The van der Waals surface area contributed by atoms with E-state index in [1.54, 1.807) is 54.7 Å². The minimum Gasteiger partial charge on any atom is -0.453 e. The standard InChI is InChI=1S/C48H48N8O8/c1-63-47(61)52-41(30-13-5-3-6-14-30)45(59)54-25-11-18-37(54)43(57)50-32-20-22-35-36-23-21-33(28-40(36)56(39(35)27-32)29-34-17-9-10-24-49-34)51-44(58)38-19-12-26-55(38)46(60)42(53-48(62)64-2)31-15-7-4-8-16-31/h3-10,13-17,20-24,27-28,37-38,41-42H,11-12,18-19,25-26,29H2,1-2H3,(H,50,57)(H,51,58)(H,52,61)(H,53,62)/t37-,38-,41+,42+/m0/s1. The third-order valence-corrected chi connectivity index (χ3v) is 11.8. The SMILES string of the molecule is COC(=O)N[C@@H](C(=O)N1CCC[C@H]1C(=O)Nc1ccc2c3ccc(NC(=O)[C@@H]4CCCN4C(=O)[C@H](NC(=O)OC)c4ccccc4)cc3n(Cc3ccccn3)c2c1)c1ccccc1. The van der Waals surface area contributed by atoms with Crippen LogP contribution in [0.15, 0.2) is 121 Å². The molecule has 16 heteroatoms. The maximum atomic E-state index is 14.0. The Morgan fingerprint density at radius 2 is 1.06 bits per heavy atom. The minimum absolute atomic E-state index is 0.342. The van der Waals surface area contributed by atoms with Crippen LogP contribution in [0.3, 0.4) is 0 Å². The van der Waals surface area contributed by atoms with Crippen LogP contribution in [0.5, 0.6) is 0 Å². The molecule has 0 bridgehead atoms. The molecule has 2 aliphatic rings. The first-order valence-electron chi connectivity index (χ1n) is 21.1. The number of nitrogens with one attached hydrogen (secondary N) is 4. The van der Waals surface area contributed by atoms with Crippen LogP contribution < -0.4 is 21.3 Å². The lowest BCUT2D eigenvalue weighted by atomic mass is 10.0. The molecule has 4 N–H and O–H groups in total. The van der Waals surface area contributed by atoms with Gasteiger partial charge < -0.3 is 45.1 Å². The van der Waals surface area contributed by atoms with E-state index in [0.29, 0.717) is 67.8 Å². The van der Waals surface area contributed by atoms with Gasteiger partial charge in [-0.25, -0.2) is 9.59 Å². The predicted octanol–water partition coefficient (Wildman–Crippen LogP) is 6.29. The zero-order valence-corrected chi connectivity index (χ0v) is 35.4. The summed E-state index contributed by atoms with van der Waals surface area (Å²) in [7, 11) is 2.45. The van der Waals surface area contributed by atoms with Crippen LogP contribution in [0.2, 0.25) is 0 Å². The van der Waals surface area contributed by atoms with Gasteiger partial charge in [-0.1, -0.05) is 78.9 Å². The van der Waals surface area contributed by atoms with E-state index in [9.17, 15) is 28.8 Å². The number of alkyl carbamates (subject to hydrolysis) is 2. The van der Waals surface area contributed by atoms with Gasteiger partial charge in [0.25, 0.3) is 11.8 Å². The fourth-order valence-electron chi connectivity index (χ4n) is 8.68. The van der Waals surface area contributed by atoms with Gasteiger partial charge in [-0.15, -0.1) is 0 Å². The Balaban J connectivity index is 1.05. The molecule has 328 valence electrons. The zero-order chi connectivity index (χ0) is 44.7. The van der Waals surface area contributed by atoms with Crippen molar-refractivity contribution < 1.29 is 38.2 Å². The van der Waals surface area contributed by atoms with Crippen molar-refractivity contribution in [1.29, 1.82) is 0 Å². The molecule has 0 aliphatic carbocycles. The number of aromatic nitrogens is 2. The molecule has 4 atom stereocenters. The molecule has 64 heavy (non-hydrogen) atoms. The van der Waals surface area contributed by atoms with Crippen LogP contribution in [0, 0.1) is 0 Å². The van der Waals surface area contributed by atoms with Crippen molar-refractivity contribution in [2.24, 2.45) is 0 Å². The number of hydrogen-bond acceptors (Lipinski definition) is 9. The lowest BCUT2D eigenvalue weighted by Gasteiger charge is -2.28. The second kappa shape index (κ2) is 19.1. The summed E-state index contributed by atoms with van der Waals surface area (Å²) >= 11 is 0. The Bertz CT molecular complexity index is 2530. The summed E-state index contributed by atoms with van der Waals surface area (Å²) in [6.45, 7) is 1.05. The fourth-order valence-corrected chi connectivity index (χ4v) is 8.68. The fraction of sp³-hybridized carbons (Fsp3) is 0.271. The average molecular weight is 865 g/mol. The van der Waals surface area contributed by atoms with Crippen molar-refractivity contribution in [3.8, 4) is 0 Å². The van der Waals surface area contributed by atoms with Gasteiger partial charge in [0, 0.05) is 41.4 Å². The van der Waals surface area contributed by atoms with Gasteiger partial charge in [-0.3, -0.25) is 24.2 Å². The Hall–Kier alpha value is -7.75. The molecule has 2 aliphatic heterocycles. The number of rotatable bonds is 12. The largest absolute Gasteiger partial charge is 0.453 e. The lowest BCUT2D eigenvalue weighted by Crippen LogP contribution is -2.48. The Morgan fingerprint density at radius 1 is 0.609 bits per heavy atom. The van der Waals surface area contributed by atoms with Crippen molar-refractivity contribution in [3.05, 3.63) is 138 Å². The predicted molar refractivity (Wildman–Crippen MR) is 239 cm³/mol. The maximum absolute atomic E-state index is 14.0. The van der Waals surface area contributed by atoms with Crippen LogP contribution in [-0.4, -0.2) is 94.6 Å². The molecule has 6 amide bonds. The Labute approximate surface area is 368 Å². The second-order valence-electron chi connectivity index (χ2n) is 15.7. The molecule has 2 fully saturated rings. The van der Waals surface area contributed by atoms with Gasteiger partial charge in [0.15, 0.2) is 0 Å². The molecule has 0 spiro atoms. The van der Waals surface area contributed by atoms with Crippen molar-refractivity contribution in [2.75, 3.05) is 37.9 Å². The molecule has 8 rings (SSSR count). The van der Waals surface area contributed by atoms with E-state index in [1.165, 1.54) is 24.0 Å². The van der Waals surface area contributed by atoms with Crippen LogP contribution in [0.25, 0.3) is 21.8 Å². The monoisotopic (exact) mass is 864 g/mol. The summed E-state index contributed by atoms with van der Waals surface area (Å²) in [4.78, 5) is 88.3. The van der Waals surface area contributed by atoms with Crippen LogP contribution in [0.1, 0.15) is 54.6 Å². The van der Waals surface area contributed by atoms with Crippen molar-refractivity contribution in [3.63, 3.8) is 0 Å². The number of anilines is 2. The van der Waals surface area contributed by atoms with Crippen LogP contribution >= 0.6 is 0 Å². The number of likely N-dealkylation sites (tertiary alicyclic amines) is 2. The molecule has 2 aromatic heterocycles. The zero-order valence-electron chi connectivity index (χ0n) is 35.4. The van der Waals surface area contributed by atoms with E-state index in [-0.39, 0.29) is 11.8 Å². The number of fused-ring (bicyclic) bond motifs is 3. The van der Waals surface area contributed by atoms with E-state index >= 15 is 0 Å². The summed E-state index contributed by atoms with van der Waals surface area (Å²) in [6.07, 6.45) is 2.29. The number of hydrogen-bond donors (Lipinski definition) is 4. The highest BCUT2D eigenvalue weighted by Crippen LogP contribution is 2.35. The first kappa shape index (κ1) is 42.9. The van der Waals surface area contributed by atoms with E-state index in [4.69, 9.17) is 9.47 Å². The molecule has 2 saturated heterocycles. The molecular formula is C48H48N8O8. The Kier molecular flexibility index (Phi) is 12.8. The molecule has 16 nitrogen and oxygen atoms in total. The van der Waals surface area contributed by atoms with Crippen molar-refractivity contribution >= 4 is 69.0 Å². The number of carbonyl (C=O) groups excluding carboxylic acids is 6. The Morgan fingerprint density at radius 3 is 1.48 bits per heavy atom. The number of ether oxygens (including phenoxy) is 2. The van der Waals surface area contributed by atoms with E-state index in [1.807, 2.05) is 66.7 Å². The summed E-state index contributed by atoms with van der Waals surface area (Å²) in [5, 5.41) is 13.2. The van der Waals surface area contributed by atoms with E-state index in [2.05, 4.69) is 30.8 Å². The smallest absolute Gasteiger partial charge is 0.407 e.